The van der Waals surface area contributed by atoms with Crippen molar-refractivity contribution in [2.45, 2.75) is 36.6 Å². The van der Waals surface area contributed by atoms with Crippen molar-refractivity contribution in [3.8, 4) is 0 Å². The van der Waals surface area contributed by atoms with Gasteiger partial charge in [0.1, 0.15) is 6.04 Å². The van der Waals surface area contributed by atoms with Gasteiger partial charge in [-0.3, -0.25) is 4.79 Å². The van der Waals surface area contributed by atoms with Crippen LogP contribution in [0.4, 0.5) is 0 Å². The Morgan fingerprint density at radius 1 is 1.33 bits per heavy atom. The topological polar surface area (TPSA) is 93.9 Å². The van der Waals surface area contributed by atoms with Crippen molar-refractivity contribution in [3.63, 3.8) is 0 Å². The van der Waals surface area contributed by atoms with Crippen LogP contribution in [-0.4, -0.2) is 72.4 Å². The fourth-order valence-electron chi connectivity index (χ4n) is 3.75. The molecule has 24 heavy (non-hydrogen) atoms. The lowest BCUT2D eigenvalue weighted by atomic mass is 9.90. The Morgan fingerprint density at radius 2 is 2.04 bits per heavy atom. The molecule has 5 N–H and O–H groups in total. The van der Waals surface area contributed by atoms with E-state index in [-0.39, 0.29) is 36.7 Å². The summed E-state index contributed by atoms with van der Waals surface area (Å²) in [5, 5.41) is 9.69. The number of hydrogen-bond donors (Lipinski definition) is 4. The molecule has 5 atom stereocenters. The third kappa shape index (κ3) is 3.18. The summed E-state index contributed by atoms with van der Waals surface area (Å²) in [7, 11) is 4.01. The number of hydrogen-bond acceptors (Lipinski definition) is 6. The highest BCUT2D eigenvalue weighted by Crippen LogP contribution is 2.29. The number of carbonyl (C=O) groups excluding carboxylic acids is 1. The van der Waals surface area contributed by atoms with Gasteiger partial charge in [0.15, 0.2) is 0 Å². The van der Waals surface area contributed by atoms with Crippen LogP contribution in [-0.2, 0) is 4.79 Å². The summed E-state index contributed by atoms with van der Waals surface area (Å²) in [5.41, 5.74) is 13.3. The Labute approximate surface area is 142 Å². The van der Waals surface area contributed by atoms with Gasteiger partial charge in [0, 0.05) is 18.5 Å². The van der Waals surface area contributed by atoms with Crippen molar-refractivity contribution < 1.29 is 9.90 Å². The lowest BCUT2D eigenvalue weighted by molar-refractivity contribution is -0.135. The Morgan fingerprint density at radius 3 is 2.67 bits per heavy atom. The average Bonchev–Trinajstić information content (AvgIpc) is 3.18. The summed E-state index contributed by atoms with van der Waals surface area (Å²) < 4.78 is 0. The number of rotatable bonds is 4. The fraction of sp³-hybridized carbons (Fsp3) is 0.588. The minimum Gasteiger partial charge on any atom is -0.394 e. The monoisotopic (exact) mass is 333 g/mol. The van der Waals surface area contributed by atoms with E-state index in [0.29, 0.717) is 6.54 Å². The lowest BCUT2D eigenvalue weighted by Crippen LogP contribution is -2.50. The second kappa shape index (κ2) is 7.16. The molecule has 2 heterocycles. The van der Waals surface area contributed by atoms with Crippen LogP contribution in [0.3, 0.4) is 0 Å². The normalized spacial score (nSPS) is 33.4. The number of aliphatic hydroxyl groups is 1. The molecule has 2 aliphatic heterocycles. The molecule has 0 spiro atoms. The van der Waals surface area contributed by atoms with Crippen LogP contribution in [0, 0.1) is 0 Å². The molecule has 0 aliphatic carbocycles. The van der Waals surface area contributed by atoms with Gasteiger partial charge in [0.05, 0.1) is 18.8 Å². The highest BCUT2D eigenvalue weighted by molar-refractivity contribution is 5.84. The zero-order valence-corrected chi connectivity index (χ0v) is 14.2. The molecule has 0 radical (unpaired) electrons. The molecular weight excluding hydrogens is 306 g/mol. The number of amides is 1. The van der Waals surface area contributed by atoms with Gasteiger partial charge >= 0.3 is 0 Å². The van der Waals surface area contributed by atoms with Crippen molar-refractivity contribution >= 4 is 5.91 Å². The summed E-state index contributed by atoms with van der Waals surface area (Å²) in [5.74, 6) is -0.149. The number of aliphatic hydroxyl groups excluding tert-OH is 1. The van der Waals surface area contributed by atoms with E-state index < -0.39 is 6.04 Å². The summed E-state index contributed by atoms with van der Waals surface area (Å²) in [6.07, 6.45) is 0.457. The van der Waals surface area contributed by atoms with E-state index in [9.17, 15) is 9.90 Å². The molecule has 0 aromatic heterocycles. The average molecular weight is 333 g/mol. The van der Waals surface area contributed by atoms with Crippen molar-refractivity contribution in [2.75, 3.05) is 27.2 Å². The molecule has 1 aromatic rings. The highest BCUT2D eigenvalue weighted by atomic mass is 16.3. The molecule has 3 unspecified atom stereocenters. The quantitative estimate of drug-likeness (QED) is 0.568. The van der Waals surface area contributed by atoms with E-state index in [1.165, 1.54) is 0 Å². The van der Waals surface area contributed by atoms with Crippen molar-refractivity contribution in [3.05, 3.63) is 35.9 Å². The maximum Gasteiger partial charge on any atom is 0.242 e. The smallest absolute Gasteiger partial charge is 0.242 e. The maximum absolute atomic E-state index is 13.2. The van der Waals surface area contributed by atoms with Crippen LogP contribution in [0.1, 0.15) is 17.9 Å². The number of likely N-dealkylation sites (N-methyl/N-ethyl adjacent to an activating group) is 1. The van der Waals surface area contributed by atoms with E-state index in [4.69, 9.17) is 5.73 Å². The van der Waals surface area contributed by atoms with Gasteiger partial charge in [-0.25, -0.2) is 10.9 Å². The van der Waals surface area contributed by atoms with E-state index in [2.05, 4.69) is 15.8 Å². The minimum atomic E-state index is -0.433. The summed E-state index contributed by atoms with van der Waals surface area (Å²) >= 11 is 0. The van der Waals surface area contributed by atoms with E-state index in [1.54, 1.807) is 4.90 Å². The molecule has 1 aromatic carbocycles. The molecule has 132 valence electrons. The molecule has 3 rings (SSSR count). The standard InChI is InChI=1S/C17H27N5O2/c1-21(2)12-8-13(10-23)22(9-12)17(24)15-14(16(18)20-19-15)11-6-4-3-5-7-11/h3-7,12-16,19-20,23H,8-10,18H2,1-2H3/t12-,13+,14?,15?,16?/m1/s1. The minimum absolute atomic E-state index is 0.00676. The van der Waals surface area contributed by atoms with E-state index >= 15 is 0 Å². The number of benzene rings is 1. The molecule has 0 bridgehead atoms. The number of likely N-dealkylation sites (tertiary alicyclic amines) is 1. The first-order valence-electron chi connectivity index (χ1n) is 8.42. The van der Waals surface area contributed by atoms with Gasteiger partial charge in [-0.05, 0) is 26.1 Å². The third-order valence-electron chi connectivity index (χ3n) is 5.22. The second-order valence-corrected chi connectivity index (χ2v) is 6.91. The molecule has 0 saturated carbocycles. The first-order chi connectivity index (χ1) is 11.5. The SMILES string of the molecule is CN(C)[C@@H]1C[C@@H](CO)N(C(=O)C2NNC(N)C2c2ccccc2)C1. The van der Waals surface area contributed by atoms with Crippen molar-refractivity contribution in [2.24, 2.45) is 5.73 Å². The predicted molar refractivity (Wildman–Crippen MR) is 91.9 cm³/mol. The number of nitrogens with one attached hydrogen (secondary N) is 2. The Kier molecular flexibility index (Phi) is 5.17. The number of carbonyl (C=O) groups is 1. The second-order valence-electron chi connectivity index (χ2n) is 6.91. The van der Waals surface area contributed by atoms with Gasteiger partial charge in [0.2, 0.25) is 5.91 Å². The lowest BCUT2D eigenvalue weighted by Gasteiger charge is -2.29. The molecule has 2 aliphatic rings. The zero-order chi connectivity index (χ0) is 17.3. The first-order valence-corrected chi connectivity index (χ1v) is 8.42. The van der Waals surface area contributed by atoms with Crippen LogP contribution >= 0.6 is 0 Å². The Bertz CT molecular complexity index is 567. The van der Waals surface area contributed by atoms with E-state index in [0.717, 1.165) is 12.0 Å². The summed E-state index contributed by atoms with van der Waals surface area (Å²) in [4.78, 5) is 17.1. The Hall–Kier alpha value is -1.51. The van der Waals surface area contributed by atoms with Crippen molar-refractivity contribution in [1.29, 1.82) is 0 Å². The number of nitrogens with zero attached hydrogens (tertiary/aromatic N) is 2. The number of nitrogens with two attached hydrogens (primary N) is 1. The third-order valence-corrected chi connectivity index (χ3v) is 5.22. The Balaban J connectivity index is 1.80. The summed E-state index contributed by atoms with van der Waals surface area (Å²) in [6.45, 7) is 0.615. The van der Waals surface area contributed by atoms with Gasteiger partial charge in [-0.15, -0.1) is 0 Å². The zero-order valence-electron chi connectivity index (χ0n) is 14.2. The largest absolute Gasteiger partial charge is 0.394 e. The van der Waals surface area contributed by atoms with E-state index in [1.807, 2.05) is 44.4 Å². The molecule has 1 amide bonds. The predicted octanol–water partition coefficient (Wildman–Crippen LogP) is -0.945. The molecule has 7 nitrogen and oxygen atoms in total. The molecular formula is C17H27N5O2. The molecule has 2 saturated heterocycles. The number of hydrazine groups is 1. The van der Waals surface area contributed by atoms with Crippen LogP contribution in [0.2, 0.25) is 0 Å². The van der Waals surface area contributed by atoms with Crippen LogP contribution < -0.4 is 16.6 Å². The first kappa shape index (κ1) is 17.3. The van der Waals surface area contributed by atoms with Crippen molar-refractivity contribution in [1.82, 2.24) is 20.7 Å². The molecule has 2 fully saturated rings. The fourth-order valence-corrected chi connectivity index (χ4v) is 3.75. The maximum atomic E-state index is 13.2. The van der Waals surface area contributed by atoms with Gasteiger partial charge in [0.25, 0.3) is 0 Å². The highest BCUT2D eigenvalue weighted by Gasteiger charge is 2.45. The van der Waals surface area contributed by atoms with Gasteiger partial charge in [-0.2, -0.15) is 0 Å². The summed E-state index contributed by atoms with van der Waals surface area (Å²) in [6, 6.07) is 9.55. The van der Waals surface area contributed by atoms with Gasteiger partial charge < -0.3 is 20.6 Å². The van der Waals surface area contributed by atoms with Crippen LogP contribution in [0.15, 0.2) is 30.3 Å². The van der Waals surface area contributed by atoms with Crippen LogP contribution in [0.25, 0.3) is 0 Å². The van der Waals surface area contributed by atoms with Gasteiger partial charge in [-0.1, -0.05) is 30.3 Å². The molecule has 7 heteroatoms. The van der Waals surface area contributed by atoms with Crippen LogP contribution in [0.5, 0.6) is 0 Å².